The number of nitrogens with zero attached hydrogens (tertiary/aromatic N) is 2. The van der Waals surface area contributed by atoms with Gasteiger partial charge in [0.15, 0.2) is 0 Å². The summed E-state index contributed by atoms with van der Waals surface area (Å²) in [5.74, 6) is 0. The van der Waals surface area contributed by atoms with Crippen molar-refractivity contribution in [2.75, 3.05) is 0 Å². The van der Waals surface area contributed by atoms with E-state index in [-0.39, 0.29) is 0 Å². The molecule has 0 atom stereocenters. The van der Waals surface area contributed by atoms with Crippen molar-refractivity contribution in [2.24, 2.45) is 0 Å². The van der Waals surface area contributed by atoms with Crippen LogP contribution in [-0.4, -0.2) is 9.97 Å². The van der Waals surface area contributed by atoms with Crippen LogP contribution in [0.15, 0.2) is 182 Å². The Bertz CT molecular complexity index is 2910. The Morgan fingerprint density at radius 3 is 1.58 bits per heavy atom. The van der Waals surface area contributed by atoms with E-state index >= 15 is 0 Å². The highest BCUT2D eigenvalue weighted by atomic mass is 14.7. The molecule has 0 bridgehead atoms. The maximum absolute atomic E-state index is 5.50. The first kappa shape index (κ1) is 28.4. The average molecular weight is 635 g/mol. The third-order valence-corrected chi connectivity index (χ3v) is 10.1. The number of pyridine rings is 2. The quantitative estimate of drug-likeness (QED) is 0.180. The van der Waals surface area contributed by atoms with Gasteiger partial charge in [-0.15, -0.1) is 0 Å². The predicted octanol–water partition coefficient (Wildman–Crippen LogP) is 12.9. The lowest BCUT2D eigenvalue weighted by molar-refractivity contribution is 1.41. The van der Waals surface area contributed by atoms with Crippen LogP contribution in [0.1, 0.15) is 0 Å². The van der Waals surface area contributed by atoms with Crippen LogP contribution >= 0.6 is 0 Å². The number of rotatable bonds is 4. The van der Waals surface area contributed by atoms with E-state index in [2.05, 4.69) is 170 Å². The van der Waals surface area contributed by atoms with Gasteiger partial charge in [0, 0.05) is 33.5 Å². The summed E-state index contributed by atoms with van der Waals surface area (Å²) < 4.78 is 0. The van der Waals surface area contributed by atoms with E-state index in [1.807, 2.05) is 12.3 Å². The van der Waals surface area contributed by atoms with Gasteiger partial charge in [-0.25, -0.2) is 4.98 Å². The van der Waals surface area contributed by atoms with Crippen molar-refractivity contribution in [1.29, 1.82) is 0 Å². The van der Waals surface area contributed by atoms with Crippen molar-refractivity contribution in [3.05, 3.63) is 182 Å². The molecule has 0 aliphatic rings. The molecule has 2 heteroatoms. The summed E-state index contributed by atoms with van der Waals surface area (Å²) in [6.07, 6.45) is 1.87. The van der Waals surface area contributed by atoms with Gasteiger partial charge in [-0.3, -0.25) is 4.98 Å². The minimum Gasteiger partial charge on any atom is -0.256 e. The second-order valence-electron chi connectivity index (χ2n) is 12.9. The van der Waals surface area contributed by atoms with Crippen molar-refractivity contribution in [2.45, 2.75) is 0 Å². The average Bonchev–Trinajstić information content (AvgIpc) is 3.19. The highest BCUT2D eigenvalue weighted by Gasteiger charge is 2.18. The van der Waals surface area contributed by atoms with Crippen LogP contribution in [0.25, 0.3) is 98.8 Å². The number of benzene rings is 8. The number of para-hydroxylation sites is 1. The fourth-order valence-corrected chi connectivity index (χ4v) is 7.73. The molecule has 0 amide bonds. The first-order chi connectivity index (χ1) is 24.8. The monoisotopic (exact) mass is 634 g/mol. The van der Waals surface area contributed by atoms with Crippen LogP contribution < -0.4 is 0 Å². The van der Waals surface area contributed by atoms with Crippen molar-refractivity contribution >= 4 is 54.1 Å². The molecule has 10 rings (SSSR count). The molecule has 0 spiro atoms. The molecule has 2 heterocycles. The highest BCUT2D eigenvalue weighted by molar-refractivity contribution is 6.18. The van der Waals surface area contributed by atoms with Gasteiger partial charge in [0.05, 0.1) is 16.7 Å². The fraction of sp³-hybridized carbons (Fsp3) is 0. The molecule has 0 saturated heterocycles. The van der Waals surface area contributed by atoms with Crippen LogP contribution in [0, 0.1) is 0 Å². The minimum atomic E-state index is 0.975. The van der Waals surface area contributed by atoms with Crippen molar-refractivity contribution in [1.82, 2.24) is 9.97 Å². The Morgan fingerprint density at radius 1 is 0.300 bits per heavy atom. The third-order valence-electron chi connectivity index (χ3n) is 10.1. The van der Waals surface area contributed by atoms with Gasteiger partial charge < -0.3 is 0 Å². The Hall–Kier alpha value is -6.64. The Labute approximate surface area is 290 Å². The molecule has 0 N–H and O–H groups in total. The Kier molecular flexibility index (Phi) is 6.53. The molecule has 0 aliphatic carbocycles. The van der Waals surface area contributed by atoms with E-state index < -0.39 is 0 Å². The maximum atomic E-state index is 5.50. The van der Waals surface area contributed by atoms with Gasteiger partial charge in [0.2, 0.25) is 0 Å². The first-order valence-corrected chi connectivity index (χ1v) is 17.1. The van der Waals surface area contributed by atoms with E-state index in [1.54, 1.807) is 0 Å². The lowest BCUT2D eigenvalue weighted by Gasteiger charge is -2.17. The molecular formula is C48H30N2. The van der Waals surface area contributed by atoms with Gasteiger partial charge in [0.1, 0.15) is 0 Å². The Morgan fingerprint density at radius 2 is 0.840 bits per heavy atom. The highest BCUT2D eigenvalue weighted by Crippen LogP contribution is 2.43. The standard InChI is InChI=1S/C48H30N2/c1-3-17-36-31(11-1)13-7-22-39(36)44-30-46(41-23-8-14-32-12-2-4-18-37(32)41)50-48-42-20-6-5-19-40(42)43(29-45(44)48)34-26-24-33(25-27-34)38-21-9-15-35-16-10-28-49-47(35)38/h1-30H. The van der Waals surface area contributed by atoms with E-state index in [4.69, 9.17) is 9.97 Å². The lowest BCUT2D eigenvalue weighted by Crippen LogP contribution is -1.94. The maximum Gasteiger partial charge on any atom is 0.0794 e. The van der Waals surface area contributed by atoms with Gasteiger partial charge in [-0.1, -0.05) is 158 Å². The van der Waals surface area contributed by atoms with E-state index in [0.29, 0.717) is 0 Å². The van der Waals surface area contributed by atoms with Crippen molar-refractivity contribution < 1.29 is 0 Å². The smallest absolute Gasteiger partial charge is 0.0794 e. The van der Waals surface area contributed by atoms with Crippen molar-refractivity contribution in [3.63, 3.8) is 0 Å². The predicted molar refractivity (Wildman–Crippen MR) is 211 cm³/mol. The van der Waals surface area contributed by atoms with Crippen LogP contribution in [0.3, 0.4) is 0 Å². The second kappa shape index (κ2) is 11.5. The molecule has 0 radical (unpaired) electrons. The zero-order valence-electron chi connectivity index (χ0n) is 27.2. The molecule has 0 fully saturated rings. The minimum absolute atomic E-state index is 0.975. The number of fused-ring (bicyclic) bond motifs is 6. The fourth-order valence-electron chi connectivity index (χ4n) is 7.73. The summed E-state index contributed by atoms with van der Waals surface area (Å²) in [4.78, 5) is 10.2. The van der Waals surface area contributed by atoms with Crippen LogP contribution in [0.5, 0.6) is 0 Å². The van der Waals surface area contributed by atoms with Crippen LogP contribution in [0.2, 0.25) is 0 Å². The summed E-state index contributed by atoms with van der Waals surface area (Å²) in [6.45, 7) is 0. The van der Waals surface area contributed by atoms with E-state index in [0.717, 1.165) is 49.6 Å². The Balaban J connectivity index is 1.25. The molecule has 8 aromatic carbocycles. The summed E-state index contributed by atoms with van der Waals surface area (Å²) in [5.41, 5.74) is 11.2. The number of hydrogen-bond acceptors (Lipinski definition) is 2. The molecular weight excluding hydrogens is 605 g/mol. The first-order valence-electron chi connectivity index (χ1n) is 17.1. The summed E-state index contributed by atoms with van der Waals surface area (Å²) in [5, 5.41) is 9.48. The SMILES string of the molecule is c1ccc2c(-c3cc(-c4cccc5ccccc45)c4cc(-c5ccc(-c6cccc7cccnc67)cc5)c5ccccc5c4n3)cccc2c1. The number of aromatic nitrogens is 2. The van der Waals surface area contributed by atoms with Crippen LogP contribution in [-0.2, 0) is 0 Å². The van der Waals surface area contributed by atoms with E-state index in [9.17, 15) is 0 Å². The zero-order valence-corrected chi connectivity index (χ0v) is 27.2. The largest absolute Gasteiger partial charge is 0.256 e. The zero-order chi connectivity index (χ0) is 33.0. The van der Waals surface area contributed by atoms with Crippen molar-refractivity contribution in [3.8, 4) is 44.6 Å². The van der Waals surface area contributed by atoms with Gasteiger partial charge in [0.25, 0.3) is 0 Å². The summed E-state index contributed by atoms with van der Waals surface area (Å²) in [6, 6.07) is 63.3. The molecule has 10 aromatic rings. The molecule has 0 saturated carbocycles. The molecule has 0 aliphatic heterocycles. The molecule has 50 heavy (non-hydrogen) atoms. The topological polar surface area (TPSA) is 25.8 Å². The number of hydrogen-bond donors (Lipinski definition) is 0. The van der Waals surface area contributed by atoms with Gasteiger partial charge in [-0.2, -0.15) is 0 Å². The summed E-state index contributed by atoms with van der Waals surface area (Å²) >= 11 is 0. The van der Waals surface area contributed by atoms with E-state index in [1.165, 1.54) is 49.2 Å². The second-order valence-corrected chi connectivity index (χ2v) is 12.9. The summed E-state index contributed by atoms with van der Waals surface area (Å²) in [7, 11) is 0. The third kappa shape index (κ3) is 4.57. The molecule has 232 valence electrons. The normalized spacial score (nSPS) is 11.6. The van der Waals surface area contributed by atoms with Crippen LogP contribution in [0.4, 0.5) is 0 Å². The van der Waals surface area contributed by atoms with Gasteiger partial charge >= 0.3 is 0 Å². The molecule has 2 aromatic heterocycles. The van der Waals surface area contributed by atoms with Gasteiger partial charge in [-0.05, 0) is 72.9 Å². The molecule has 0 unspecified atom stereocenters. The lowest BCUT2D eigenvalue weighted by atomic mass is 9.89. The molecule has 2 nitrogen and oxygen atoms in total.